The minimum atomic E-state index is 0.538. The van der Waals surface area contributed by atoms with E-state index in [1.807, 2.05) is 0 Å². The van der Waals surface area contributed by atoms with Crippen LogP contribution in [-0.2, 0) is 0 Å². The maximum atomic E-state index is 5.96. The normalized spacial score (nSPS) is 12.5. The smallest absolute Gasteiger partial charge is 0.144 e. The van der Waals surface area contributed by atoms with E-state index in [2.05, 4.69) is 33.2 Å². The number of anilines is 1. The zero-order chi connectivity index (χ0) is 11.3. The molecule has 0 spiro atoms. The van der Waals surface area contributed by atoms with Gasteiger partial charge in [0, 0.05) is 17.6 Å². The molecule has 0 saturated heterocycles. The molecule has 15 heavy (non-hydrogen) atoms. The topological polar surface area (TPSA) is 24.9 Å². The lowest BCUT2D eigenvalue weighted by atomic mass is 10.2. The highest BCUT2D eigenvalue weighted by Crippen LogP contribution is 2.22. The maximum absolute atomic E-state index is 5.96. The molecule has 0 aliphatic heterocycles. The van der Waals surface area contributed by atoms with Gasteiger partial charge in [0.25, 0.3) is 0 Å². The van der Waals surface area contributed by atoms with Crippen molar-refractivity contribution in [3.05, 3.63) is 22.3 Å². The van der Waals surface area contributed by atoms with Gasteiger partial charge >= 0.3 is 0 Å². The van der Waals surface area contributed by atoms with Crippen LogP contribution in [-0.4, -0.2) is 16.4 Å². The molecule has 0 aliphatic rings. The van der Waals surface area contributed by atoms with Crippen molar-refractivity contribution >= 4 is 44.9 Å². The number of halogens is 3. The Labute approximate surface area is 108 Å². The van der Waals surface area contributed by atoms with Crippen LogP contribution in [0.1, 0.15) is 19.8 Å². The Kier molecular flexibility index (Phi) is 5.72. The first-order chi connectivity index (χ1) is 7.13. The van der Waals surface area contributed by atoms with Crippen molar-refractivity contribution < 1.29 is 0 Å². The fourth-order valence-corrected chi connectivity index (χ4v) is 1.77. The molecule has 0 aliphatic carbocycles. The van der Waals surface area contributed by atoms with E-state index in [-0.39, 0.29) is 0 Å². The van der Waals surface area contributed by atoms with Crippen molar-refractivity contribution in [3.63, 3.8) is 0 Å². The SMILES string of the molecule is CCC(Br)CCNc1ncc(Cl)cc1Cl. The molecule has 1 atom stereocenters. The molecule has 0 radical (unpaired) electrons. The first-order valence-electron chi connectivity index (χ1n) is 4.82. The molecule has 1 aromatic rings. The highest BCUT2D eigenvalue weighted by atomic mass is 79.9. The molecule has 1 rings (SSSR count). The highest BCUT2D eigenvalue weighted by Gasteiger charge is 2.04. The molecule has 84 valence electrons. The van der Waals surface area contributed by atoms with Crippen LogP contribution in [0.3, 0.4) is 0 Å². The van der Waals surface area contributed by atoms with E-state index in [0.717, 1.165) is 19.4 Å². The minimum absolute atomic E-state index is 0.538. The van der Waals surface area contributed by atoms with E-state index in [1.165, 1.54) is 0 Å². The average Bonchev–Trinajstić information content (AvgIpc) is 2.21. The van der Waals surface area contributed by atoms with Crippen LogP contribution in [0.25, 0.3) is 0 Å². The maximum Gasteiger partial charge on any atom is 0.144 e. The summed E-state index contributed by atoms with van der Waals surface area (Å²) in [7, 11) is 0. The molecule has 2 nitrogen and oxygen atoms in total. The molecule has 1 aromatic heterocycles. The van der Waals surface area contributed by atoms with Crippen molar-refractivity contribution in [1.82, 2.24) is 4.98 Å². The Morgan fingerprint density at radius 1 is 1.53 bits per heavy atom. The summed E-state index contributed by atoms with van der Waals surface area (Å²) < 4.78 is 0. The number of rotatable bonds is 5. The Bertz CT molecular complexity index is 320. The standard InChI is InChI=1S/C10H13BrCl2N2/c1-2-7(11)3-4-14-10-9(13)5-8(12)6-15-10/h5-7H,2-4H2,1H3,(H,14,15). The van der Waals surface area contributed by atoms with Crippen molar-refractivity contribution in [2.45, 2.75) is 24.6 Å². The molecule has 5 heteroatoms. The van der Waals surface area contributed by atoms with E-state index in [0.29, 0.717) is 20.7 Å². The van der Waals surface area contributed by atoms with Crippen LogP contribution in [0.4, 0.5) is 5.82 Å². The molecule has 0 fully saturated rings. The van der Waals surface area contributed by atoms with Gasteiger partial charge in [0.05, 0.1) is 10.0 Å². The van der Waals surface area contributed by atoms with Gasteiger partial charge in [-0.25, -0.2) is 4.98 Å². The van der Waals surface area contributed by atoms with Crippen LogP contribution in [0.15, 0.2) is 12.3 Å². The van der Waals surface area contributed by atoms with Gasteiger partial charge in [0.15, 0.2) is 0 Å². The average molecular weight is 312 g/mol. The third-order valence-electron chi connectivity index (χ3n) is 2.00. The summed E-state index contributed by atoms with van der Waals surface area (Å²) in [5.74, 6) is 0.692. The summed E-state index contributed by atoms with van der Waals surface area (Å²) in [4.78, 5) is 4.65. The van der Waals surface area contributed by atoms with Crippen molar-refractivity contribution in [3.8, 4) is 0 Å². The Morgan fingerprint density at radius 2 is 2.27 bits per heavy atom. The third-order valence-corrected chi connectivity index (χ3v) is 3.60. The molecule has 1 heterocycles. The van der Waals surface area contributed by atoms with Crippen LogP contribution in [0.2, 0.25) is 10.0 Å². The van der Waals surface area contributed by atoms with Gasteiger partial charge in [-0.05, 0) is 18.9 Å². The molecular weight excluding hydrogens is 299 g/mol. The van der Waals surface area contributed by atoms with E-state index in [4.69, 9.17) is 23.2 Å². The van der Waals surface area contributed by atoms with Crippen LogP contribution in [0, 0.1) is 0 Å². The predicted octanol–water partition coefficient (Wildman–Crippen LogP) is 4.36. The quantitative estimate of drug-likeness (QED) is 0.817. The minimum Gasteiger partial charge on any atom is -0.369 e. The number of alkyl halides is 1. The molecule has 0 saturated carbocycles. The number of pyridine rings is 1. The monoisotopic (exact) mass is 310 g/mol. The number of hydrogen-bond acceptors (Lipinski definition) is 2. The fraction of sp³-hybridized carbons (Fsp3) is 0.500. The predicted molar refractivity (Wildman–Crippen MR) is 70.4 cm³/mol. The summed E-state index contributed by atoms with van der Waals surface area (Å²) >= 11 is 15.3. The Hall–Kier alpha value is 0.01000. The summed E-state index contributed by atoms with van der Waals surface area (Å²) in [5.41, 5.74) is 0. The molecule has 0 amide bonds. The van der Waals surface area contributed by atoms with E-state index >= 15 is 0 Å². The number of hydrogen-bond donors (Lipinski definition) is 1. The van der Waals surface area contributed by atoms with E-state index in [9.17, 15) is 0 Å². The van der Waals surface area contributed by atoms with Gasteiger partial charge in [0.1, 0.15) is 5.82 Å². The van der Waals surface area contributed by atoms with Crippen molar-refractivity contribution in [2.75, 3.05) is 11.9 Å². The van der Waals surface area contributed by atoms with E-state index < -0.39 is 0 Å². The zero-order valence-corrected chi connectivity index (χ0v) is 11.5. The first kappa shape index (κ1) is 13.1. The second kappa shape index (κ2) is 6.56. The van der Waals surface area contributed by atoms with Gasteiger partial charge < -0.3 is 5.32 Å². The van der Waals surface area contributed by atoms with Crippen LogP contribution < -0.4 is 5.32 Å². The first-order valence-corrected chi connectivity index (χ1v) is 6.49. The molecule has 1 N–H and O–H groups in total. The van der Waals surface area contributed by atoms with Crippen LogP contribution in [0.5, 0.6) is 0 Å². The molecular formula is C10H13BrCl2N2. The highest BCUT2D eigenvalue weighted by molar-refractivity contribution is 9.09. The summed E-state index contributed by atoms with van der Waals surface area (Å²) in [6.45, 7) is 2.99. The lowest BCUT2D eigenvalue weighted by Gasteiger charge is -2.09. The second-order valence-electron chi connectivity index (χ2n) is 3.20. The summed E-state index contributed by atoms with van der Waals surface area (Å²) in [6, 6.07) is 1.68. The molecule has 1 unspecified atom stereocenters. The third kappa shape index (κ3) is 4.58. The Balaban J connectivity index is 2.44. The largest absolute Gasteiger partial charge is 0.369 e. The van der Waals surface area contributed by atoms with Gasteiger partial charge in [-0.3, -0.25) is 0 Å². The lowest BCUT2D eigenvalue weighted by molar-refractivity contribution is 0.773. The number of nitrogens with zero attached hydrogens (tertiary/aromatic N) is 1. The van der Waals surface area contributed by atoms with Crippen molar-refractivity contribution in [1.29, 1.82) is 0 Å². The number of aromatic nitrogens is 1. The summed E-state index contributed by atoms with van der Waals surface area (Å²) in [5, 5.41) is 4.29. The molecule has 0 aromatic carbocycles. The van der Waals surface area contributed by atoms with Gasteiger partial charge in [-0.1, -0.05) is 46.1 Å². The van der Waals surface area contributed by atoms with Gasteiger partial charge in [-0.2, -0.15) is 0 Å². The van der Waals surface area contributed by atoms with Crippen molar-refractivity contribution in [2.24, 2.45) is 0 Å². The van der Waals surface area contributed by atoms with Gasteiger partial charge in [0.2, 0.25) is 0 Å². The second-order valence-corrected chi connectivity index (χ2v) is 5.34. The van der Waals surface area contributed by atoms with Gasteiger partial charge in [-0.15, -0.1) is 0 Å². The number of nitrogens with one attached hydrogen (secondary N) is 1. The summed E-state index contributed by atoms with van der Waals surface area (Å²) in [6.07, 6.45) is 3.74. The zero-order valence-electron chi connectivity index (χ0n) is 8.43. The Morgan fingerprint density at radius 3 is 2.87 bits per heavy atom. The van der Waals surface area contributed by atoms with Crippen LogP contribution >= 0.6 is 39.1 Å². The lowest BCUT2D eigenvalue weighted by Crippen LogP contribution is -2.08. The van der Waals surface area contributed by atoms with E-state index in [1.54, 1.807) is 12.3 Å². The molecule has 0 bridgehead atoms. The fourth-order valence-electron chi connectivity index (χ4n) is 1.10.